The average Bonchev–Trinajstić information content (AvgIpc) is 2.55. The van der Waals surface area contributed by atoms with Crippen molar-refractivity contribution in [3.63, 3.8) is 0 Å². The number of carbonyl (C=O) groups is 1. The molecule has 0 aliphatic heterocycles. The SMILES string of the molecule is CCOC(=O)CN(Cc1ccccc1)S(=O)(=O)c1ccc(F)cc1F. The summed E-state index contributed by atoms with van der Waals surface area (Å²) in [4.78, 5) is 11.1. The summed E-state index contributed by atoms with van der Waals surface area (Å²) in [6.45, 7) is 0.942. The maximum atomic E-state index is 14.0. The quantitative estimate of drug-likeness (QED) is 0.704. The summed E-state index contributed by atoms with van der Waals surface area (Å²) < 4.78 is 58.2. The number of rotatable bonds is 7. The highest BCUT2D eigenvalue weighted by Crippen LogP contribution is 2.22. The molecular formula is C17H17F2NO4S. The van der Waals surface area contributed by atoms with Crippen molar-refractivity contribution in [3.8, 4) is 0 Å². The number of ether oxygens (including phenoxy) is 1. The van der Waals surface area contributed by atoms with Gasteiger partial charge in [0.05, 0.1) is 6.61 Å². The predicted molar refractivity (Wildman–Crippen MR) is 87.0 cm³/mol. The molecule has 8 heteroatoms. The Hall–Kier alpha value is -2.32. The predicted octanol–water partition coefficient (Wildman–Crippen LogP) is 2.72. The van der Waals surface area contributed by atoms with E-state index in [9.17, 15) is 22.0 Å². The molecule has 0 fully saturated rings. The van der Waals surface area contributed by atoms with Crippen molar-refractivity contribution in [2.24, 2.45) is 0 Å². The fourth-order valence-corrected chi connectivity index (χ4v) is 3.60. The minimum Gasteiger partial charge on any atom is -0.465 e. The molecule has 2 aromatic rings. The number of halogens is 2. The van der Waals surface area contributed by atoms with E-state index in [4.69, 9.17) is 4.74 Å². The molecule has 5 nitrogen and oxygen atoms in total. The first-order valence-corrected chi connectivity index (χ1v) is 8.93. The Labute approximate surface area is 144 Å². The zero-order valence-corrected chi connectivity index (χ0v) is 14.3. The van der Waals surface area contributed by atoms with Crippen molar-refractivity contribution >= 4 is 16.0 Å². The lowest BCUT2D eigenvalue weighted by Gasteiger charge is -2.21. The van der Waals surface area contributed by atoms with Gasteiger partial charge >= 0.3 is 5.97 Å². The van der Waals surface area contributed by atoms with Crippen LogP contribution in [0.15, 0.2) is 53.4 Å². The van der Waals surface area contributed by atoms with Crippen molar-refractivity contribution in [2.75, 3.05) is 13.2 Å². The molecule has 0 amide bonds. The van der Waals surface area contributed by atoms with E-state index in [0.29, 0.717) is 11.6 Å². The van der Waals surface area contributed by atoms with Gasteiger partial charge in [-0.25, -0.2) is 17.2 Å². The molecule has 0 aliphatic rings. The molecule has 0 bridgehead atoms. The van der Waals surface area contributed by atoms with Gasteiger partial charge < -0.3 is 4.74 Å². The number of hydrogen-bond acceptors (Lipinski definition) is 4. The number of nitrogens with zero attached hydrogens (tertiary/aromatic N) is 1. The maximum absolute atomic E-state index is 14.0. The van der Waals surface area contributed by atoms with Crippen LogP contribution in [0.3, 0.4) is 0 Å². The highest BCUT2D eigenvalue weighted by molar-refractivity contribution is 7.89. The highest BCUT2D eigenvalue weighted by atomic mass is 32.2. The number of esters is 1. The van der Waals surface area contributed by atoms with Crippen LogP contribution in [0.2, 0.25) is 0 Å². The van der Waals surface area contributed by atoms with Crippen molar-refractivity contribution < 1.29 is 26.7 Å². The molecule has 0 unspecified atom stereocenters. The number of hydrogen-bond donors (Lipinski definition) is 0. The van der Waals surface area contributed by atoms with E-state index in [1.54, 1.807) is 37.3 Å². The zero-order chi connectivity index (χ0) is 18.4. The summed E-state index contributed by atoms with van der Waals surface area (Å²) in [5.41, 5.74) is 0.609. The molecule has 0 saturated carbocycles. The van der Waals surface area contributed by atoms with Crippen LogP contribution in [0, 0.1) is 11.6 Å². The second-order valence-corrected chi connectivity index (χ2v) is 7.04. The molecular weight excluding hydrogens is 352 g/mol. The summed E-state index contributed by atoms with van der Waals surface area (Å²) in [6.07, 6.45) is 0. The van der Waals surface area contributed by atoms with Crippen LogP contribution in [0.1, 0.15) is 12.5 Å². The van der Waals surface area contributed by atoms with E-state index < -0.39 is 39.1 Å². The number of sulfonamides is 1. The Morgan fingerprint density at radius 3 is 2.40 bits per heavy atom. The second kappa shape index (κ2) is 8.17. The summed E-state index contributed by atoms with van der Waals surface area (Å²) in [5.74, 6) is -2.87. The van der Waals surface area contributed by atoms with E-state index in [1.807, 2.05) is 0 Å². The molecule has 0 N–H and O–H groups in total. The molecule has 0 radical (unpaired) electrons. The lowest BCUT2D eigenvalue weighted by molar-refractivity contribution is -0.143. The molecule has 0 saturated heterocycles. The molecule has 0 heterocycles. The number of carbonyl (C=O) groups excluding carboxylic acids is 1. The maximum Gasteiger partial charge on any atom is 0.321 e. The summed E-state index contributed by atoms with van der Waals surface area (Å²) in [5, 5.41) is 0. The summed E-state index contributed by atoms with van der Waals surface area (Å²) in [6, 6.07) is 10.7. The van der Waals surface area contributed by atoms with Crippen LogP contribution in [0.25, 0.3) is 0 Å². The third-order valence-corrected chi connectivity index (χ3v) is 5.15. The van der Waals surface area contributed by atoms with Gasteiger partial charge in [-0.2, -0.15) is 4.31 Å². The van der Waals surface area contributed by atoms with Crippen LogP contribution in [-0.2, 0) is 26.1 Å². The zero-order valence-electron chi connectivity index (χ0n) is 13.5. The summed E-state index contributed by atoms with van der Waals surface area (Å²) in [7, 11) is -4.37. The summed E-state index contributed by atoms with van der Waals surface area (Å²) >= 11 is 0. The van der Waals surface area contributed by atoms with Gasteiger partial charge in [0.2, 0.25) is 10.0 Å². The topological polar surface area (TPSA) is 63.7 Å². The van der Waals surface area contributed by atoms with Gasteiger partial charge in [-0.05, 0) is 24.6 Å². The fourth-order valence-electron chi connectivity index (χ4n) is 2.19. The standard InChI is InChI=1S/C17H17F2NO4S/c1-2-24-17(21)12-20(11-13-6-4-3-5-7-13)25(22,23)16-9-8-14(18)10-15(16)19/h3-10H,2,11-12H2,1H3. The number of benzene rings is 2. The van der Waals surface area contributed by atoms with E-state index in [2.05, 4.69) is 0 Å². The molecule has 2 rings (SSSR count). The van der Waals surface area contributed by atoms with Gasteiger partial charge in [0, 0.05) is 12.6 Å². The monoisotopic (exact) mass is 369 g/mol. The van der Waals surface area contributed by atoms with Crippen molar-refractivity contribution in [2.45, 2.75) is 18.4 Å². The Balaban J connectivity index is 2.39. The lowest BCUT2D eigenvalue weighted by Crippen LogP contribution is -2.36. The normalized spacial score (nSPS) is 11.5. The first kappa shape index (κ1) is 19.0. The smallest absolute Gasteiger partial charge is 0.321 e. The van der Waals surface area contributed by atoms with Gasteiger partial charge in [-0.15, -0.1) is 0 Å². The van der Waals surface area contributed by atoms with Crippen LogP contribution < -0.4 is 0 Å². The van der Waals surface area contributed by atoms with Gasteiger partial charge in [0.1, 0.15) is 23.1 Å². The van der Waals surface area contributed by atoms with E-state index >= 15 is 0 Å². The Bertz CT molecular complexity index is 841. The molecule has 0 spiro atoms. The molecule has 25 heavy (non-hydrogen) atoms. The van der Waals surface area contributed by atoms with E-state index in [1.165, 1.54) is 0 Å². The fraction of sp³-hybridized carbons (Fsp3) is 0.235. The second-order valence-electron chi connectivity index (χ2n) is 5.14. The largest absolute Gasteiger partial charge is 0.465 e. The van der Waals surface area contributed by atoms with E-state index in [0.717, 1.165) is 16.4 Å². The first-order chi connectivity index (χ1) is 11.8. The van der Waals surface area contributed by atoms with Gasteiger partial charge in [0.25, 0.3) is 0 Å². The molecule has 0 aromatic heterocycles. The average molecular weight is 369 g/mol. The molecule has 0 atom stereocenters. The first-order valence-electron chi connectivity index (χ1n) is 7.49. The highest BCUT2D eigenvalue weighted by Gasteiger charge is 2.30. The minimum atomic E-state index is -4.37. The lowest BCUT2D eigenvalue weighted by atomic mass is 10.2. The Kier molecular flexibility index (Phi) is 6.22. The van der Waals surface area contributed by atoms with Crippen molar-refractivity contribution in [3.05, 3.63) is 65.7 Å². The van der Waals surface area contributed by atoms with E-state index in [-0.39, 0.29) is 13.2 Å². The van der Waals surface area contributed by atoms with Crippen molar-refractivity contribution in [1.82, 2.24) is 4.31 Å². The minimum absolute atomic E-state index is 0.0863. The Morgan fingerprint density at radius 2 is 1.80 bits per heavy atom. The van der Waals surface area contributed by atoms with Gasteiger partial charge in [0.15, 0.2) is 0 Å². The third kappa shape index (κ3) is 4.83. The van der Waals surface area contributed by atoms with Crippen LogP contribution >= 0.6 is 0 Å². The molecule has 2 aromatic carbocycles. The molecule has 0 aliphatic carbocycles. The molecule has 134 valence electrons. The van der Waals surface area contributed by atoms with Crippen LogP contribution in [0.4, 0.5) is 8.78 Å². The Morgan fingerprint density at radius 1 is 1.12 bits per heavy atom. The van der Waals surface area contributed by atoms with Crippen LogP contribution in [-0.4, -0.2) is 31.8 Å². The van der Waals surface area contributed by atoms with Gasteiger partial charge in [-0.3, -0.25) is 4.79 Å². The van der Waals surface area contributed by atoms with Crippen molar-refractivity contribution in [1.29, 1.82) is 0 Å². The third-order valence-electron chi connectivity index (χ3n) is 3.32. The van der Waals surface area contributed by atoms with Gasteiger partial charge in [-0.1, -0.05) is 30.3 Å². The van der Waals surface area contributed by atoms with Crippen LogP contribution in [0.5, 0.6) is 0 Å².